The number of sulfonamides is 1. The molecule has 1 saturated heterocycles. The lowest BCUT2D eigenvalue weighted by Gasteiger charge is -2.33. The van der Waals surface area contributed by atoms with Gasteiger partial charge in [0.2, 0.25) is 15.9 Å². The third kappa shape index (κ3) is 4.09. The number of nitrogens with zero attached hydrogens (tertiary/aromatic N) is 5. The second-order valence-corrected chi connectivity index (χ2v) is 8.61. The number of aryl methyl sites for hydroxylation is 1. The molecule has 0 aromatic carbocycles. The van der Waals surface area contributed by atoms with Crippen LogP contribution in [-0.2, 0) is 21.9 Å². The Morgan fingerprint density at radius 2 is 1.74 bits per heavy atom. The van der Waals surface area contributed by atoms with Crippen LogP contribution in [0.3, 0.4) is 0 Å². The maximum absolute atomic E-state index is 13.2. The molecule has 1 aliphatic rings. The standard InChI is InChI=1S/C18H23N5O3S/c1-14(2)12-17(24)22-8-10-23(11-9-22)27(25,26)16-13-21(3)20-18(16)15-4-6-19-7-5-15/h4-7,12-13H,8-11H2,1-3H3. The third-order valence-corrected chi connectivity index (χ3v) is 6.23. The number of rotatable bonds is 4. The molecule has 3 heterocycles. The summed E-state index contributed by atoms with van der Waals surface area (Å²) >= 11 is 0. The van der Waals surface area contributed by atoms with Crippen LogP contribution in [0, 0.1) is 0 Å². The fraction of sp³-hybridized carbons (Fsp3) is 0.389. The molecule has 144 valence electrons. The molecule has 0 unspecified atom stereocenters. The Labute approximate surface area is 159 Å². The second-order valence-electron chi connectivity index (χ2n) is 6.70. The molecule has 2 aromatic heterocycles. The highest BCUT2D eigenvalue weighted by Gasteiger charge is 2.33. The predicted octanol–water partition coefficient (Wildman–Crippen LogP) is 1.28. The van der Waals surface area contributed by atoms with Gasteiger partial charge in [-0.05, 0) is 26.0 Å². The minimum atomic E-state index is -3.72. The highest BCUT2D eigenvalue weighted by atomic mass is 32.2. The van der Waals surface area contributed by atoms with Crippen LogP contribution in [0.15, 0.2) is 47.3 Å². The van der Waals surface area contributed by atoms with Gasteiger partial charge >= 0.3 is 0 Å². The summed E-state index contributed by atoms with van der Waals surface area (Å²) in [6.07, 6.45) is 6.31. The van der Waals surface area contributed by atoms with Crippen LogP contribution in [0.4, 0.5) is 0 Å². The van der Waals surface area contributed by atoms with E-state index in [-0.39, 0.29) is 23.9 Å². The lowest BCUT2D eigenvalue weighted by atomic mass is 10.2. The van der Waals surface area contributed by atoms with Crippen molar-refractivity contribution in [3.63, 3.8) is 0 Å². The highest BCUT2D eigenvalue weighted by molar-refractivity contribution is 7.89. The number of pyridine rings is 1. The zero-order valence-corrected chi connectivity index (χ0v) is 16.5. The minimum Gasteiger partial charge on any atom is -0.337 e. The van der Waals surface area contributed by atoms with Crippen LogP contribution in [0.5, 0.6) is 0 Å². The van der Waals surface area contributed by atoms with Crippen LogP contribution in [0.25, 0.3) is 11.3 Å². The molecule has 0 aliphatic carbocycles. The SMILES string of the molecule is CC(C)=CC(=O)N1CCN(S(=O)(=O)c2cn(C)nc2-c2ccncc2)CC1. The maximum Gasteiger partial charge on any atom is 0.246 e. The first-order valence-corrected chi connectivity index (χ1v) is 10.1. The van der Waals surface area contributed by atoms with Gasteiger partial charge in [0, 0.05) is 63.5 Å². The summed E-state index contributed by atoms with van der Waals surface area (Å²) in [5, 5.41) is 4.33. The maximum atomic E-state index is 13.2. The Bertz CT molecular complexity index is 954. The monoisotopic (exact) mass is 389 g/mol. The summed E-state index contributed by atoms with van der Waals surface area (Å²) in [6.45, 7) is 4.98. The number of hydrogen-bond acceptors (Lipinski definition) is 5. The van der Waals surface area contributed by atoms with Crippen molar-refractivity contribution in [2.45, 2.75) is 18.7 Å². The van der Waals surface area contributed by atoms with Gasteiger partial charge in [0.05, 0.1) is 0 Å². The van der Waals surface area contributed by atoms with E-state index in [0.29, 0.717) is 24.3 Å². The molecule has 0 N–H and O–H groups in total. The average Bonchev–Trinajstić information content (AvgIpc) is 3.05. The molecule has 0 radical (unpaired) electrons. The van der Waals surface area contributed by atoms with E-state index in [4.69, 9.17) is 0 Å². The number of aromatic nitrogens is 3. The van der Waals surface area contributed by atoms with Crippen LogP contribution >= 0.6 is 0 Å². The third-order valence-electron chi connectivity index (χ3n) is 4.33. The Balaban J connectivity index is 1.83. The van der Waals surface area contributed by atoms with Crippen LogP contribution in [0.1, 0.15) is 13.8 Å². The van der Waals surface area contributed by atoms with Crippen molar-refractivity contribution < 1.29 is 13.2 Å². The summed E-state index contributed by atoms with van der Waals surface area (Å²) in [6, 6.07) is 3.47. The van der Waals surface area contributed by atoms with Gasteiger partial charge in [-0.1, -0.05) is 5.57 Å². The lowest BCUT2D eigenvalue weighted by Crippen LogP contribution is -2.50. The fourth-order valence-corrected chi connectivity index (χ4v) is 4.60. The first kappa shape index (κ1) is 19.2. The van der Waals surface area contributed by atoms with E-state index in [1.807, 2.05) is 13.8 Å². The Hall–Kier alpha value is -2.52. The van der Waals surface area contributed by atoms with E-state index in [9.17, 15) is 13.2 Å². The lowest BCUT2D eigenvalue weighted by molar-refractivity contribution is -0.127. The number of allylic oxidation sites excluding steroid dienone is 1. The Morgan fingerprint density at radius 1 is 1.11 bits per heavy atom. The number of carbonyl (C=O) groups is 1. The van der Waals surface area contributed by atoms with Gasteiger partial charge in [-0.2, -0.15) is 9.40 Å². The van der Waals surface area contributed by atoms with Gasteiger partial charge in [0.15, 0.2) is 0 Å². The molecule has 1 amide bonds. The molecular weight excluding hydrogens is 366 g/mol. The molecule has 0 bridgehead atoms. The van der Waals surface area contributed by atoms with Crippen molar-refractivity contribution in [3.05, 3.63) is 42.4 Å². The van der Waals surface area contributed by atoms with Crippen molar-refractivity contribution in [2.75, 3.05) is 26.2 Å². The molecule has 1 fully saturated rings. The first-order chi connectivity index (χ1) is 12.8. The van der Waals surface area contributed by atoms with E-state index in [1.54, 1.807) is 42.6 Å². The fourth-order valence-electron chi connectivity index (χ4n) is 2.99. The molecule has 0 spiro atoms. The summed E-state index contributed by atoms with van der Waals surface area (Å²) in [4.78, 5) is 17.9. The van der Waals surface area contributed by atoms with Crippen LogP contribution in [-0.4, -0.2) is 64.5 Å². The van der Waals surface area contributed by atoms with Crippen molar-refractivity contribution in [1.82, 2.24) is 24.0 Å². The topological polar surface area (TPSA) is 88.4 Å². The molecule has 1 aliphatic heterocycles. The quantitative estimate of drug-likeness (QED) is 0.735. The van der Waals surface area contributed by atoms with Gasteiger partial charge in [0.1, 0.15) is 10.6 Å². The molecule has 27 heavy (non-hydrogen) atoms. The molecular formula is C18H23N5O3S. The summed E-state index contributed by atoms with van der Waals surface area (Å²) in [5.74, 6) is -0.0779. The molecule has 8 nitrogen and oxygen atoms in total. The normalized spacial score (nSPS) is 15.6. The first-order valence-electron chi connectivity index (χ1n) is 8.67. The van der Waals surface area contributed by atoms with Gasteiger partial charge < -0.3 is 4.90 Å². The van der Waals surface area contributed by atoms with Gasteiger partial charge in [-0.25, -0.2) is 8.42 Å². The van der Waals surface area contributed by atoms with Gasteiger partial charge in [0.25, 0.3) is 0 Å². The van der Waals surface area contributed by atoms with E-state index in [2.05, 4.69) is 10.1 Å². The zero-order valence-electron chi connectivity index (χ0n) is 15.7. The number of carbonyl (C=O) groups excluding carboxylic acids is 1. The molecule has 3 rings (SSSR count). The zero-order chi connectivity index (χ0) is 19.6. The predicted molar refractivity (Wildman–Crippen MR) is 101 cm³/mol. The Morgan fingerprint density at radius 3 is 2.33 bits per heavy atom. The van der Waals surface area contributed by atoms with Crippen molar-refractivity contribution in [2.24, 2.45) is 7.05 Å². The average molecular weight is 389 g/mol. The summed E-state index contributed by atoms with van der Waals surface area (Å²) < 4.78 is 29.3. The summed E-state index contributed by atoms with van der Waals surface area (Å²) in [5.41, 5.74) is 2.02. The van der Waals surface area contributed by atoms with E-state index in [1.165, 1.54) is 15.2 Å². The second kappa shape index (κ2) is 7.61. The van der Waals surface area contributed by atoms with Crippen molar-refractivity contribution >= 4 is 15.9 Å². The van der Waals surface area contributed by atoms with Crippen molar-refractivity contribution in [1.29, 1.82) is 0 Å². The van der Waals surface area contributed by atoms with Gasteiger partial charge in [-0.15, -0.1) is 0 Å². The van der Waals surface area contributed by atoms with Crippen LogP contribution in [0.2, 0.25) is 0 Å². The van der Waals surface area contributed by atoms with Crippen LogP contribution < -0.4 is 0 Å². The van der Waals surface area contributed by atoms with Gasteiger partial charge in [-0.3, -0.25) is 14.5 Å². The number of hydrogen-bond donors (Lipinski definition) is 0. The molecule has 9 heteroatoms. The van der Waals surface area contributed by atoms with E-state index < -0.39 is 10.0 Å². The Kier molecular flexibility index (Phi) is 5.43. The minimum absolute atomic E-state index is 0.0779. The molecule has 0 atom stereocenters. The van der Waals surface area contributed by atoms with E-state index in [0.717, 1.165) is 5.57 Å². The molecule has 0 saturated carbocycles. The number of piperazine rings is 1. The molecule has 2 aromatic rings. The smallest absolute Gasteiger partial charge is 0.246 e. The van der Waals surface area contributed by atoms with E-state index >= 15 is 0 Å². The number of amides is 1. The largest absolute Gasteiger partial charge is 0.337 e. The highest BCUT2D eigenvalue weighted by Crippen LogP contribution is 2.28. The van der Waals surface area contributed by atoms with Crippen molar-refractivity contribution in [3.8, 4) is 11.3 Å². The summed E-state index contributed by atoms with van der Waals surface area (Å²) in [7, 11) is -2.02.